The van der Waals surface area contributed by atoms with Crippen molar-refractivity contribution < 1.29 is 14.1 Å². The molecule has 0 fully saturated rings. The molecule has 0 unspecified atom stereocenters. The third-order valence-corrected chi connectivity index (χ3v) is 3.25. The summed E-state index contributed by atoms with van der Waals surface area (Å²) in [5.74, 6) is -1.17. The fourth-order valence-electron chi connectivity index (χ4n) is 2.18. The summed E-state index contributed by atoms with van der Waals surface area (Å²) in [5, 5.41) is 13.5. The number of fused-ring (bicyclic) bond motifs is 1. The van der Waals surface area contributed by atoms with E-state index in [0.717, 1.165) is 18.3 Å². The van der Waals surface area contributed by atoms with Gasteiger partial charge in [0.1, 0.15) is 11.6 Å². The van der Waals surface area contributed by atoms with E-state index in [0.29, 0.717) is 0 Å². The minimum absolute atomic E-state index is 0.0522. The van der Waals surface area contributed by atoms with Crippen molar-refractivity contribution in [1.29, 1.82) is 0 Å². The summed E-state index contributed by atoms with van der Waals surface area (Å²) in [6.07, 6.45) is 0.927. The molecule has 2 heterocycles. The maximum Gasteiger partial charge on any atom is 0.270 e. The van der Waals surface area contributed by atoms with Gasteiger partial charge in [-0.25, -0.2) is 9.37 Å². The van der Waals surface area contributed by atoms with Crippen LogP contribution >= 0.6 is 0 Å². The molecule has 0 aliphatic rings. The maximum absolute atomic E-state index is 12.8. The first-order valence-corrected chi connectivity index (χ1v) is 6.68. The summed E-state index contributed by atoms with van der Waals surface area (Å²) in [4.78, 5) is 40.6. The Morgan fingerprint density at radius 3 is 2.71 bits per heavy atom. The zero-order valence-electron chi connectivity index (χ0n) is 11.9. The summed E-state index contributed by atoms with van der Waals surface area (Å²) in [7, 11) is 0. The number of H-pyrrole nitrogens is 1. The van der Waals surface area contributed by atoms with Crippen molar-refractivity contribution in [2.75, 3.05) is 5.32 Å². The normalized spacial score (nSPS) is 10.5. The Bertz CT molecular complexity index is 1010. The van der Waals surface area contributed by atoms with Crippen LogP contribution < -0.4 is 10.9 Å². The zero-order valence-corrected chi connectivity index (χ0v) is 11.9. The Morgan fingerprint density at radius 2 is 2.04 bits per heavy atom. The molecule has 0 spiro atoms. The molecule has 0 bridgehead atoms. The van der Waals surface area contributed by atoms with Crippen LogP contribution in [0.15, 0.2) is 47.4 Å². The minimum Gasteiger partial charge on any atom is -0.322 e. The van der Waals surface area contributed by atoms with Crippen molar-refractivity contribution in [3.8, 4) is 0 Å². The number of aromatic nitrogens is 2. The predicted molar refractivity (Wildman–Crippen MR) is 83.4 cm³/mol. The lowest BCUT2D eigenvalue weighted by molar-refractivity contribution is -0.384. The average Bonchev–Trinajstić information content (AvgIpc) is 2.55. The number of carbonyl (C=O) groups is 1. The minimum atomic E-state index is -0.689. The van der Waals surface area contributed by atoms with Gasteiger partial charge in [0.15, 0.2) is 0 Å². The van der Waals surface area contributed by atoms with Crippen LogP contribution in [-0.4, -0.2) is 20.8 Å². The van der Waals surface area contributed by atoms with E-state index in [-0.39, 0.29) is 28.0 Å². The number of amides is 1. The molecule has 0 aliphatic heterocycles. The lowest BCUT2D eigenvalue weighted by atomic mass is 10.1. The van der Waals surface area contributed by atoms with Gasteiger partial charge in [-0.3, -0.25) is 19.7 Å². The molecule has 0 saturated heterocycles. The second kappa shape index (κ2) is 5.88. The fourth-order valence-corrected chi connectivity index (χ4v) is 2.18. The number of nitrogens with zero attached hydrogens (tertiary/aromatic N) is 2. The highest BCUT2D eigenvalue weighted by molar-refractivity contribution is 6.12. The van der Waals surface area contributed by atoms with E-state index in [2.05, 4.69) is 15.3 Å². The smallest absolute Gasteiger partial charge is 0.270 e. The molecule has 3 aromatic rings. The average molecular weight is 328 g/mol. The number of carbonyl (C=O) groups excluding carboxylic acids is 1. The number of nitro benzene ring substituents is 1. The molecular formula is C15H9FN4O4. The number of nitrogens with one attached hydrogen (secondary N) is 2. The molecule has 0 atom stereocenters. The molecule has 1 aromatic carbocycles. The molecule has 9 heteroatoms. The number of hydrogen-bond donors (Lipinski definition) is 2. The molecule has 2 aromatic heterocycles. The van der Waals surface area contributed by atoms with Crippen molar-refractivity contribution in [2.45, 2.75) is 0 Å². The molecule has 3 rings (SSSR count). The van der Waals surface area contributed by atoms with Crippen LogP contribution in [0.1, 0.15) is 10.4 Å². The summed E-state index contributed by atoms with van der Waals surface area (Å²) in [6.45, 7) is 0. The van der Waals surface area contributed by atoms with Crippen LogP contribution in [-0.2, 0) is 0 Å². The molecule has 0 aliphatic carbocycles. The summed E-state index contributed by atoms with van der Waals surface area (Å²) in [5.41, 5.74) is -0.522. The molecule has 8 nitrogen and oxygen atoms in total. The second-order valence-corrected chi connectivity index (χ2v) is 4.85. The Balaban J connectivity index is 2.07. The molecule has 2 N–H and O–H groups in total. The number of benzene rings is 1. The van der Waals surface area contributed by atoms with E-state index >= 15 is 0 Å². The van der Waals surface area contributed by atoms with Crippen molar-refractivity contribution in [3.63, 3.8) is 0 Å². The third-order valence-electron chi connectivity index (χ3n) is 3.25. The highest BCUT2D eigenvalue weighted by atomic mass is 19.1. The Labute approximate surface area is 133 Å². The quantitative estimate of drug-likeness (QED) is 0.564. The van der Waals surface area contributed by atoms with E-state index in [1.165, 1.54) is 24.3 Å². The molecule has 0 radical (unpaired) electrons. The topological polar surface area (TPSA) is 118 Å². The highest BCUT2D eigenvalue weighted by Crippen LogP contribution is 2.22. The molecule has 1 amide bonds. The van der Waals surface area contributed by atoms with Gasteiger partial charge in [0.2, 0.25) is 5.56 Å². The Kier molecular flexibility index (Phi) is 3.74. The zero-order chi connectivity index (χ0) is 17.3. The largest absolute Gasteiger partial charge is 0.322 e. The monoisotopic (exact) mass is 328 g/mol. The standard InChI is InChI=1S/C15H9FN4O4/c16-8-1-4-13(17-7-8)19-15(22)11-6-14(21)18-12-3-2-9(20(23)24)5-10(11)12/h1-7H,(H,18,21)(H,17,19,22). The van der Waals surface area contributed by atoms with Crippen molar-refractivity contribution >= 4 is 28.3 Å². The summed E-state index contributed by atoms with van der Waals surface area (Å²) >= 11 is 0. The van der Waals surface area contributed by atoms with Gasteiger partial charge in [0.25, 0.3) is 11.6 Å². The first kappa shape index (κ1) is 15.3. The third kappa shape index (κ3) is 2.95. The number of aromatic amines is 1. The summed E-state index contributed by atoms with van der Waals surface area (Å²) in [6, 6.07) is 7.17. The number of nitro groups is 1. The van der Waals surface area contributed by atoms with Gasteiger partial charge in [-0.1, -0.05) is 0 Å². The van der Waals surface area contributed by atoms with E-state index in [1.54, 1.807) is 0 Å². The predicted octanol–water partition coefficient (Wildman–Crippen LogP) is 2.22. The Hall–Kier alpha value is -3.62. The Morgan fingerprint density at radius 1 is 1.25 bits per heavy atom. The van der Waals surface area contributed by atoms with Crippen LogP contribution in [0, 0.1) is 15.9 Å². The van der Waals surface area contributed by atoms with E-state index in [4.69, 9.17) is 0 Å². The van der Waals surface area contributed by atoms with Gasteiger partial charge in [-0.15, -0.1) is 0 Å². The van der Waals surface area contributed by atoms with Crippen molar-refractivity contribution in [1.82, 2.24) is 9.97 Å². The van der Waals surface area contributed by atoms with Crippen molar-refractivity contribution in [3.05, 3.63) is 74.4 Å². The van der Waals surface area contributed by atoms with E-state index < -0.39 is 22.2 Å². The number of hydrogen-bond acceptors (Lipinski definition) is 5. The number of rotatable bonds is 3. The number of halogens is 1. The fraction of sp³-hybridized carbons (Fsp3) is 0. The highest BCUT2D eigenvalue weighted by Gasteiger charge is 2.16. The van der Waals surface area contributed by atoms with E-state index in [1.807, 2.05) is 0 Å². The number of anilines is 1. The lowest BCUT2D eigenvalue weighted by Crippen LogP contribution is -2.17. The maximum atomic E-state index is 12.8. The second-order valence-electron chi connectivity index (χ2n) is 4.85. The van der Waals surface area contributed by atoms with Gasteiger partial charge in [0.05, 0.1) is 16.7 Å². The van der Waals surface area contributed by atoms with Crippen LogP contribution in [0.2, 0.25) is 0 Å². The SMILES string of the molecule is O=C(Nc1ccc(F)cn1)c1cc(=O)[nH]c2ccc([N+](=O)[O-])cc12. The first-order valence-electron chi connectivity index (χ1n) is 6.68. The molecule has 120 valence electrons. The van der Waals surface area contributed by atoms with Gasteiger partial charge >= 0.3 is 0 Å². The van der Waals surface area contributed by atoms with Crippen LogP contribution in [0.5, 0.6) is 0 Å². The molecule has 0 saturated carbocycles. The number of pyridine rings is 2. The van der Waals surface area contributed by atoms with Crippen molar-refractivity contribution in [2.24, 2.45) is 0 Å². The van der Waals surface area contributed by atoms with Crippen LogP contribution in [0.25, 0.3) is 10.9 Å². The van der Waals surface area contributed by atoms with Gasteiger partial charge in [0, 0.05) is 29.1 Å². The van der Waals surface area contributed by atoms with Crippen LogP contribution in [0.4, 0.5) is 15.9 Å². The van der Waals surface area contributed by atoms with Gasteiger partial charge in [-0.05, 0) is 18.2 Å². The molecular weight excluding hydrogens is 319 g/mol. The van der Waals surface area contributed by atoms with Gasteiger partial charge < -0.3 is 10.3 Å². The van der Waals surface area contributed by atoms with Crippen LogP contribution in [0.3, 0.4) is 0 Å². The summed E-state index contributed by atoms with van der Waals surface area (Å²) < 4.78 is 12.8. The van der Waals surface area contributed by atoms with Gasteiger partial charge in [-0.2, -0.15) is 0 Å². The van der Waals surface area contributed by atoms with E-state index in [9.17, 15) is 24.1 Å². The lowest BCUT2D eigenvalue weighted by Gasteiger charge is -2.07. The number of non-ortho nitro benzene ring substituents is 1. The first-order chi connectivity index (χ1) is 11.4. The molecule has 24 heavy (non-hydrogen) atoms.